The lowest BCUT2D eigenvalue weighted by Crippen LogP contribution is -2.61. The molecule has 0 bridgehead atoms. The van der Waals surface area contributed by atoms with Crippen molar-refractivity contribution in [1.29, 1.82) is 0 Å². The number of amides is 10. The number of likely N-dealkylation sites (tertiary alicyclic amines) is 1. The minimum absolute atomic E-state index is 0.0645. The first kappa shape index (κ1) is 67.2. The maximum Gasteiger partial charge on any atom is 0.248 e. The molecule has 0 aliphatic carbocycles. The smallest absolute Gasteiger partial charge is 0.248 e. The van der Waals surface area contributed by atoms with Crippen molar-refractivity contribution in [3.05, 3.63) is 35.9 Å². The molecule has 2 heterocycles. The molecule has 2 aliphatic heterocycles. The highest BCUT2D eigenvalue weighted by atomic mass is 16.3. The van der Waals surface area contributed by atoms with Crippen LogP contribution < -0.4 is 16.0 Å². The van der Waals surface area contributed by atoms with Crippen LogP contribution in [0.25, 0.3) is 0 Å². The Morgan fingerprint density at radius 3 is 1.63 bits per heavy atom. The molecule has 0 aromatic heterocycles. The predicted octanol–water partition coefficient (Wildman–Crippen LogP) is 2.53. The zero-order chi connectivity index (χ0) is 59.6. The second-order valence-electron chi connectivity index (χ2n) is 23.5. The number of rotatable bonds is 12. The SMILES string of the molecule is CC[C@H](C)[C@@H]1NC(=O)CN(C)C(=O)[C@H]([C@@H](C)O)NC(=O)[C@H](CC(C)C)N(C)C(=O)[C@H](Cc2ccccc2)CN(C)C(=O)CCN(C)C(=O)C[C@@H](C(=O)N2CCCCC2)NC(=O)[C@H](CC(C)C)N(C)C(=O)[C@H](CC(C)C)N(C)C1=O. The third-order valence-electron chi connectivity index (χ3n) is 15.4. The standard InChI is InChI=1S/C58H96N10O11/c1-16-39(8)50-58(79)67(15)46(31-38(6)7)56(77)66(14)44(29-36(2)3)52(73)59-43(55(76)68-26-21-18-22-27-68)33-49(72)62(10)28-25-48(71)63(11)34-42(32-41-23-19-17-20-24-41)54(75)65(13)45(30-37(4)5)53(74)61-51(40(9)69)57(78)64(12)35-47(70)60-50/h17,19-20,23-24,36-40,42-46,50-51,69H,16,18,21-22,25-35H2,1-15H3,(H,59,73)(H,60,70)(H,61,74)/t39-,40+,42+,43-,44-,45-,46-,50-,51-/m0/s1. The van der Waals surface area contributed by atoms with Crippen LogP contribution in [-0.2, 0) is 54.4 Å². The van der Waals surface area contributed by atoms with Gasteiger partial charge in [0.1, 0.15) is 36.3 Å². The molecule has 2 saturated heterocycles. The van der Waals surface area contributed by atoms with Crippen LogP contribution in [0.1, 0.15) is 126 Å². The Morgan fingerprint density at radius 1 is 0.582 bits per heavy atom. The third-order valence-corrected chi connectivity index (χ3v) is 15.4. The fourth-order valence-electron chi connectivity index (χ4n) is 10.2. The molecule has 79 heavy (non-hydrogen) atoms. The van der Waals surface area contributed by atoms with Crippen LogP contribution >= 0.6 is 0 Å². The van der Waals surface area contributed by atoms with E-state index in [2.05, 4.69) is 16.0 Å². The summed E-state index contributed by atoms with van der Waals surface area (Å²) in [5, 5.41) is 19.3. The van der Waals surface area contributed by atoms with E-state index >= 15 is 0 Å². The maximum absolute atomic E-state index is 14.9. The minimum atomic E-state index is -1.56. The number of carbonyl (C=O) groups excluding carboxylic acids is 10. The average Bonchev–Trinajstić information content (AvgIpc) is 3.42. The predicted molar refractivity (Wildman–Crippen MR) is 301 cm³/mol. The topological polar surface area (TPSA) is 250 Å². The normalized spacial score (nSPS) is 25.5. The Labute approximate surface area is 470 Å². The monoisotopic (exact) mass is 1110 g/mol. The second kappa shape index (κ2) is 31.6. The molecule has 4 N–H and O–H groups in total. The van der Waals surface area contributed by atoms with Crippen LogP contribution in [0.2, 0.25) is 0 Å². The van der Waals surface area contributed by atoms with Gasteiger partial charge in [-0.25, -0.2) is 0 Å². The number of piperidine rings is 1. The lowest BCUT2D eigenvalue weighted by molar-refractivity contribution is -0.151. The fourth-order valence-corrected chi connectivity index (χ4v) is 10.2. The number of nitrogens with zero attached hydrogens (tertiary/aromatic N) is 7. The summed E-state index contributed by atoms with van der Waals surface area (Å²) in [5.74, 6) is -7.63. The summed E-state index contributed by atoms with van der Waals surface area (Å²) in [6.45, 7) is 16.4. The number of likely N-dealkylation sites (N-methyl/N-ethyl adjacent to an activating group) is 4. The van der Waals surface area contributed by atoms with Crippen molar-refractivity contribution in [3.8, 4) is 0 Å². The molecule has 21 nitrogen and oxygen atoms in total. The summed E-state index contributed by atoms with van der Waals surface area (Å²) in [7, 11) is 8.81. The molecular weight excluding hydrogens is 1010 g/mol. The van der Waals surface area contributed by atoms with Crippen molar-refractivity contribution in [2.75, 3.05) is 75.0 Å². The van der Waals surface area contributed by atoms with Crippen LogP contribution in [0.15, 0.2) is 30.3 Å². The van der Waals surface area contributed by atoms with Crippen LogP contribution in [0, 0.1) is 29.6 Å². The van der Waals surface area contributed by atoms with Gasteiger partial charge in [-0.1, -0.05) is 92.1 Å². The van der Waals surface area contributed by atoms with Crippen LogP contribution in [0.4, 0.5) is 0 Å². The molecule has 0 radical (unpaired) electrons. The number of benzene rings is 1. The van der Waals surface area contributed by atoms with E-state index in [1.807, 2.05) is 78.8 Å². The van der Waals surface area contributed by atoms with E-state index in [1.165, 1.54) is 66.7 Å². The van der Waals surface area contributed by atoms with Crippen molar-refractivity contribution in [2.24, 2.45) is 29.6 Å². The Hall–Kier alpha value is -6.12. The largest absolute Gasteiger partial charge is 0.391 e. The van der Waals surface area contributed by atoms with E-state index in [4.69, 9.17) is 0 Å². The quantitative estimate of drug-likeness (QED) is 0.237. The van der Waals surface area contributed by atoms with E-state index in [9.17, 15) is 53.1 Å². The summed E-state index contributed by atoms with van der Waals surface area (Å²) < 4.78 is 0. The van der Waals surface area contributed by atoms with Gasteiger partial charge in [0, 0.05) is 74.9 Å². The highest BCUT2D eigenvalue weighted by Gasteiger charge is 2.42. The Kier molecular flexibility index (Phi) is 26.9. The first-order valence-electron chi connectivity index (χ1n) is 28.4. The lowest BCUT2D eigenvalue weighted by Gasteiger charge is -2.38. The summed E-state index contributed by atoms with van der Waals surface area (Å²) in [6, 6.07) is 1.74. The highest BCUT2D eigenvalue weighted by molar-refractivity contribution is 5.98. The first-order chi connectivity index (χ1) is 37.0. The number of nitrogens with one attached hydrogen (secondary N) is 3. The second-order valence-corrected chi connectivity index (χ2v) is 23.5. The van der Waals surface area contributed by atoms with Crippen LogP contribution in [0.5, 0.6) is 0 Å². The molecule has 21 heteroatoms. The molecule has 0 saturated carbocycles. The zero-order valence-corrected chi connectivity index (χ0v) is 50.1. The Balaban J connectivity index is 2.20. The molecule has 1 aromatic rings. The number of aliphatic hydroxyl groups excluding tert-OH is 1. The van der Waals surface area contributed by atoms with Gasteiger partial charge >= 0.3 is 0 Å². The molecule has 2 fully saturated rings. The van der Waals surface area contributed by atoms with Crippen molar-refractivity contribution < 1.29 is 53.1 Å². The lowest BCUT2D eigenvalue weighted by atomic mass is 9.94. The number of hydrogen-bond donors (Lipinski definition) is 4. The van der Waals surface area contributed by atoms with Crippen molar-refractivity contribution >= 4 is 59.1 Å². The van der Waals surface area contributed by atoms with E-state index in [-0.39, 0.29) is 62.9 Å². The van der Waals surface area contributed by atoms with Gasteiger partial charge in [-0.2, -0.15) is 0 Å². The molecule has 0 unspecified atom stereocenters. The summed E-state index contributed by atoms with van der Waals surface area (Å²) in [5.41, 5.74) is 0.797. The van der Waals surface area contributed by atoms with Crippen LogP contribution in [0.3, 0.4) is 0 Å². The van der Waals surface area contributed by atoms with Gasteiger partial charge in [-0.15, -0.1) is 0 Å². The molecule has 444 valence electrons. The Bertz CT molecular complexity index is 2240. The van der Waals surface area contributed by atoms with E-state index in [0.717, 1.165) is 29.7 Å². The van der Waals surface area contributed by atoms with Crippen molar-refractivity contribution in [1.82, 2.24) is 50.2 Å². The molecule has 0 spiro atoms. The van der Waals surface area contributed by atoms with E-state index < -0.39 is 126 Å². The van der Waals surface area contributed by atoms with Gasteiger partial charge < -0.3 is 55.4 Å². The number of hydrogen-bond acceptors (Lipinski definition) is 11. The van der Waals surface area contributed by atoms with Gasteiger partial charge in [0.2, 0.25) is 59.1 Å². The summed E-state index contributed by atoms with van der Waals surface area (Å²) in [4.78, 5) is 153. The molecule has 10 amide bonds. The number of aliphatic hydroxyl groups is 1. The highest BCUT2D eigenvalue weighted by Crippen LogP contribution is 2.23. The van der Waals surface area contributed by atoms with Crippen molar-refractivity contribution in [2.45, 2.75) is 169 Å². The van der Waals surface area contributed by atoms with Gasteiger partial charge in [-0.3, -0.25) is 47.9 Å². The fraction of sp³-hybridized carbons (Fsp3) is 0.724. The molecule has 2 aliphatic rings. The summed E-state index contributed by atoms with van der Waals surface area (Å²) >= 11 is 0. The van der Waals surface area contributed by atoms with Crippen LogP contribution in [-0.4, -0.2) is 216 Å². The Morgan fingerprint density at radius 2 is 1.10 bits per heavy atom. The van der Waals surface area contributed by atoms with Gasteiger partial charge in [0.15, 0.2) is 0 Å². The van der Waals surface area contributed by atoms with Gasteiger partial charge in [-0.05, 0) is 81.1 Å². The molecule has 3 rings (SSSR count). The third kappa shape index (κ3) is 19.9. The van der Waals surface area contributed by atoms with E-state index in [1.54, 1.807) is 18.9 Å². The first-order valence-corrected chi connectivity index (χ1v) is 28.4. The van der Waals surface area contributed by atoms with Gasteiger partial charge in [0.25, 0.3) is 0 Å². The van der Waals surface area contributed by atoms with Gasteiger partial charge in [0.05, 0.1) is 25.0 Å². The maximum atomic E-state index is 14.9. The average molecular weight is 1110 g/mol. The minimum Gasteiger partial charge on any atom is -0.391 e. The molecule has 1 aromatic carbocycles. The summed E-state index contributed by atoms with van der Waals surface area (Å²) in [6.07, 6.45) is 1.49. The molecular formula is C58H96N10O11. The van der Waals surface area contributed by atoms with Crippen molar-refractivity contribution in [3.63, 3.8) is 0 Å². The molecule has 9 atom stereocenters. The number of carbonyl (C=O) groups is 10. The van der Waals surface area contributed by atoms with E-state index in [0.29, 0.717) is 19.5 Å². The zero-order valence-electron chi connectivity index (χ0n) is 50.1.